The van der Waals surface area contributed by atoms with E-state index in [1.54, 1.807) is 6.20 Å². The molecular formula is C22H18N4O. The second-order valence-electron chi connectivity index (χ2n) is 6.86. The maximum atomic E-state index is 12.0. The summed E-state index contributed by atoms with van der Waals surface area (Å²) in [6.07, 6.45) is 5.43. The van der Waals surface area contributed by atoms with Crippen LogP contribution < -0.4 is 11.1 Å². The highest BCUT2D eigenvalue weighted by Gasteiger charge is 2.18. The normalized spacial score (nSPS) is 14.6. The minimum atomic E-state index is -0.0136. The lowest BCUT2D eigenvalue weighted by Crippen LogP contribution is -2.31. The van der Waals surface area contributed by atoms with Gasteiger partial charge in [-0.15, -0.1) is 0 Å². The van der Waals surface area contributed by atoms with Crippen LogP contribution in [-0.4, -0.2) is 23.7 Å². The maximum Gasteiger partial charge on any atom is 0.251 e. The number of benzene rings is 2. The van der Waals surface area contributed by atoms with Crippen LogP contribution in [0.3, 0.4) is 0 Å². The molecule has 3 heterocycles. The molecular weight excluding hydrogens is 336 g/mol. The molecule has 5 nitrogen and oxygen atoms in total. The van der Waals surface area contributed by atoms with E-state index in [0.29, 0.717) is 12.4 Å². The molecule has 0 saturated carbocycles. The molecule has 1 amide bonds. The van der Waals surface area contributed by atoms with E-state index in [4.69, 9.17) is 5.73 Å². The SMILES string of the molecule is Nc1ncc(-c2cccc3c2N=CC3)cc1-c1ccc2c(c1)CCNC2=O. The summed E-state index contributed by atoms with van der Waals surface area (Å²) in [5.74, 6) is 0.468. The van der Waals surface area contributed by atoms with Gasteiger partial charge in [0.15, 0.2) is 0 Å². The second kappa shape index (κ2) is 6.06. The van der Waals surface area contributed by atoms with Crippen LogP contribution in [0.2, 0.25) is 0 Å². The summed E-state index contributed by atoms with van der Waals surface area (Å²) in [5, 5.41) is 2.87. The van der Waals surface area contributed by atoms with Crippen LogP contribution in [0.5, 0.6) is 0 Å². The van der Waals surface area contributed by atoms with Crippen molar-refractivity contribution in [1.82, 2.24) is 10.3 Å². The Morgan fingerprint density at radius 2 is 1.89 bits per heavy atom. The number of nitrogens with one attached hydrogen (secondary N) is 1. The van der Waals surface area contributed by atoms with Gasteiger partial charge in [-0.05, 0) is 35.2 Å². The van der Waals surface area contributed by atoms with Crippen LogP contribution in [0, 0.1) is 0 Å². The number of para-hydroxylation sites is 1. The Morgan fingerprint density at radius 1 is 0.963 bits per heavy atom. The van der Waals surface area contributed by atoms with Crippen molar-refractivity contribution in [1.29, 1.82) is 0 Å². The molecule has 27 heavy (non-hydrogen) atoms. The number of anilines is 1. The molecule has 0 spiro atoms. The van der Waals surface area contributed by atoms with E-state index in [1.807, 2.05) is 18.3 Å². The fraction of sp³-hybridized carbons (Fsp3) is 0.136. The number of carbonyl (C=O) groups is 1. The molecule has 132 valence electrons. The summed E-state index contributed by atoms with van der Waals surface area (Å²) in [4.78, 5) is 21.0. The first-order chi connectivity index (χ1) is 13.2. The Balaban J connectivity index is 1.63. The number of fused-ring (bicyclic) bond motifs is 2. The number of pyridine rings is 1. The molecule has 5 heteroatoms. The predicted octanol–water partition coefficient (Wildman–Crippen LogP) is 3.54. The number of aliphatic imine (C=N–C) groups is 1. The third kappa shape index (κ3) is 2.59. The van der Waals surface area contributed by atoms with Crippen LogP contribution in [0.15, 0.2) is 53.7 Å². The van der Waals surface area contributed by atoms with Crippen molar-refractivity contribution in [2.75, 3.05) is 12.3 Å². The lowest BCUT2D eigenvalue weighted by molar-refractivity contribution is 0.0946. The number of aromatic nitrogens is 1. The van der Waals surface area contributed by atoms with Crippen LogP contribution in [0.4, 0.5) is 11.5 Å². The lowest BCUT2D eigenvalue weighted by Gasteiger charge is -2.18. The third-order valence-electron chi connectivity index (χ3n) is 5.22. The van der Waals surface area contributed by atoms with Gasteiger partial charge in [0.1, 0.15) is 5.82 Å². The van der Waals surface area contributed by atoms with Gasteiger partial charge >= 0.3 is 0 Å². The van der Waals surface area contributed by atoms with Gasteiger partial charge in [0.2, 0.25) is 0 Å². The van der Waals surface area contributed by atoms with Crippen molar-refractivity contribution >= 4 is 23.6 Å². The summed E-state index contributed by atoms with van der Waals surface area (Å²) in [6, 6.07) is 14.2. The zero-order valence-electron chi connectivity index (χ0n) is 14.7. The Labute approximate surface area is 157 Å². The van der Waals surface area contributed by atoms with Crippen molar-refractivity contribution in [2.24, 2.45) is 4.99 Å². The molecule has 3 N–H and O–H groups in total. The van der Waals surface area contributed by atoms with Crippen molar-refractivity contribution in [3.05, 3.63) is 65.4 Å². The summed E-state index contributed by atoms with van der Waals surface area (Å²) in [6.45, 7) is 0.664. The van der Waals surface area contributed by atoms with E-state index >= 15 is 0 Å². The van der Waals surface area contributed by atoms with E-state index < -0.39 is 0 Å². The van der Waals surface area contributed by atoms with E-state index in [9.17, 15) is 4.79 Å². The van der Waals surface area contributed by atoms with Gasteiger partial charge < -0.3 is 11.1 Å². The topological polar surface area (TPSA) is 80.4 Å². The Kier molecular flexibility index (Phi) is 3.53. The van der Waals surface area contributed by atoms with Crippen LogP contribution in [-0.2, 0) is 12.8 Å². The Morgan fingerprint density at radius 3 is 2.81 bits per heavy atom. The molecule has 2 aliphatic heterocycles. The standard InChI is InChI=1S/C22H18N4O/c23-21-19(14-4-5-18-15(10-14)7-9-25-22(18)27)11-16(12-26-21)17-3-1-2-13-6-8-24-20(13)17/h1-5,8,10-12H,6-7,9H2,(H2,23,26)(H,25,27). The molecule has 0 fully saturated rings. The van der Waals surface area contributed by atoms with Crippen molar-refractivity contribution in [3.8, 4) is 22.3 Å². The highest BCUT2D eigenvalue weighted by Crippen LogP contribution is 2.38. The molecule has 2 aromatic carbocycles. The molecule has 0 radical (unpaired) electrons. The summed E-state index contributed by atoms with van der Waals surface area (Å²) < 4.78 is 0. The van der Waals surface area contributed by atoms with Gasteiger partial charge in [-0.1, -0.05) is 30.3 Å². The van der Waals surface area contributed by atoms with Gasteiger partial charge in [-0.2, -0.15) is 0 Å². The zero-order chi connectivity index (χ0) is 18.4. The quantitative estimate of drug-likeness (QED) is 0.739. The smallest absolute Gasteiger partial charge is 0.251 e. The number of amides is 1. The van der Waals surface area contributed by atoms with E-state index in [1.165, 1.54) is 5.56 Å². The van der Waals surface area contributed by atoms with Gasteiger partial charge in [0.05, 0.1) is 5.69 Å². The van der Waals surface area contributed by atoms with Crippen molar-refractivity contribution in [3.63, 3.8) is 0 Å². The average Bonchev–Trinajstić information content (AvgIpc) is 3.17. The number of nitrogens with zero attached hydrogens (tertiary/aromatic N) is 2. The van der Waals surface area contributed by atoms with Crippen LogP contribution in [0.1, 0.15) is 21.5 Å². The predicted molar refractivity (Wildman–Crippen MR) is 107 cm³/mol. The Hall–Kier alpha value is -3.47. The molecule has 5 rings (SSSR count). The average molecular weight is 354 g/mol. The maximum absolute atomic E-state index is 12.0. The number of nitrogen functional groups attached to an aromatic ring is 1. The van der Waals surface area contributed by atoms with E-state index in [-0.39, 0.29) is 5.91 Å². The zero-order valence-corrected chi connectivity index (χ0v) is 14.7. The number of carbonyl (C=O) groups excluding carboxylic acids is 1. The largest absolute Gasteiger partial charge is 0.383 e. The minimum Gasteiger partial charge on any atom is -0.383 e. The molecule has 0 saturated heterocycles. The monoisotopic (exact) mass is 354 g/mol. The number of rotatable bonds is 2. The van der Waals surface area contributed by atoms with Crippen molar-refractivity contribution in [2.45, 2.75) is 12.8 Å². The van der Waals surface area contributed by atoms with Gasteiger partial charge in [0.25, 0.3) is 5.91 Å². The Bertz CT molecular complexity index is 1120. The molecule has 0 aliphatic carbocycles. The summed E-state index contributed by atoms with van der Waals surface area (Å²) in [5.41, 5.74) is 14.1. The number of hydrogen-bond acceptors (Lipinski definition) is 4. The van der Waals surface area contributed by atoms with Gasteiger partial charge in [-0.25, -0.2) is 4.98 Å². The van der Waals surface area contributed by atoms with Crippen molar-refractivity contribution < 1.29 is 4.79 Å². The van der Waals surface area contributed by atoms with E-state index in [2.05, 4.69) is 45.6 Å². The minimum absolute atomic E-state index is 0.0136. The highest BCUT2D eigenvalue weighted by molar-refractivity contribution is 5.97. The first-order valence-electron chi connectivity index (χ1n) is 9.02. The van der Waals surface area contributed by atoms with Crippen LogP contribution >= 0.6 is 0 Å². The fourth-order valence-electron chi connectivity index (χ4n) is 3.83. The first-order valence-corrected chi connectivity index (χ1v) is 9.02. The molecule has 3 aromatic rings. The number of nitrogens with two attached hydrogens (primary N) is 1. The molecule has 2 aliphatic rings. The number of hydrogen-bond donors (Lipinski definition) is 2. The first kappa shape index (κ1) is 15.8. The summed E-state index contributed by atoms with van der Waals surface area (Å²) in [7, 11) is 0. The summed E-state index contributed by atoms with van der Waals surface area (Å²) >= 11 is 0. The van der Waals surface area contributed by atoms with E-state index in [0.717, 1.165) is 51.9 Å². The van der Waals surface area contributed by atoms with Crippen LogP contribution in [0.25, 0.3) is 22.3 Å². The molecule has 0 atom stereocenters. The third-order valence-corrected chi connectivity index (χ3v) is 5.22. The van der Waals surface area contributed by atoms with Gasteiger partial charge in [-0.3, -0.25) is 9.79 Å². The van der Waals surface area contributed by atoms with Gasteiger partial charge in [0, 0.05) is 47.6 Å². The molecule has 0 bridgehead atoms. The highest BCUT2D eigenvalue weighted by atomic mass is 16.1. The fourth-order valence-corrected chi connectivity index (χ4v) is 3.83. The second-order valence-corrected chi connectivity index (χ2v) is 6.86. The molecule has 1 aromatic heterocycles. The molecule has 0 unspecified atom stereocenters. The lowest BCUT2D eigenvalue weighted by atomic mass is 9.93.